The van der Waals surface area contributed by atoms with Crippen LogP contribution in [0, 0.1) is 0 Å². The summed E-state index contributed by atoms with van der Waals surface area (Å²) in [5.74, 6) is 0. The Hall–Kier alpha value is -4.88. The maximum absolute atomic E-state index is 9.25. The Kier molecular flexibility index (Phi) is 2.51. The highest BCUT2D eigenvalue weighted by molar-refractivity contribution is 6.25. The fourth-order valence-corrected chi connectivity index (χ4v) is 5.27. The van der Waals surface area contributed by atoms with Crippen molar-refractivity contribution in [3.05, 3.63) is 133 Å². The predicted octanol–water partition coefficient (Wildman–Crippen LogP) is 10.4. The van der Waals surface area contributed by atoms with E-state index < -0.39 is 66.5 Å². The molecule has 0 radical (unpaired) electrons. The van der Waals surface area contributed by atoms with Crippen LogP contribution in [0.3, 0.4) is 0 Å². The second-order valence-corrected chi connectivity index (χ2v) is 8.80. The standard InChI is InChI=1S/C36H22O/c1-2-11-24-22-25(21-20-23(24)10-1)34-26-12-3-5-14-28(26)35(29-15-6-4-13-27(29)34)31-17-9-19-33-36(31)30-16-7-8-18-32(30)37-33/h1-22H/i3D,4D,5D,6D,7D,8D,12D,13D,14D,15D,16D,18D. The second kappa shape index (κ2) is 7.81. The molecule has 1 aromatic heterocycles. The molecule has 0 saturated carbocycles. The van der Waals surface area contributed by atoms with Gasteiger partial charge in [-0.25, -0.2) is 0 Å². The Balaban J connectivity index is 1.72. The van der Waals surface area contributed by atoms with Crippen LogP contribution in [-0.2, 0) is 0 Å². The molecular weight excluding hydrogens is 448 g/mol. The van der Waals surface area contributed by atoms with Crippen molar-refractivity contribution in [2.45, 2.75) is 0 Å². The number of para-hydroxylation sites is 1. The molecule has 0 amide bonds. The average molecular weight is 483 g/mol. The number of benzene rings is 7. The Morgan fingerprint density at radius 2 is 1.11 bits per heavy atom. The number of hydrogen-bond acceptors (Lipinski definition) is 1. The highest BCUT2D eigenvalue weighted by Crippen LogP contribution is 2.46. The minimum absolute atomic E-state index is 0.00521. The van der Waals surface area contributed by atoms with Crippen LogP contribution in [0.15, 0.2) is 138 Å². The van der Waals surface area contributed by atoms with Gasteiger partial charge in [-0.15, -0.1) is 0 Å². The summed E-state index contributed by atoms with van der Waals surface area (Å²) in [5, 5.41) is 2.05. The van der Waals surface area contributed by atoms with Crippen molar-refractivity contribution >= 4 is 54.3 Å². The zero-order chi connectivity index (χ0) is 34.8. The van der Waals surface area contributed by atoms with Crippen LogP contribution in [0.2, 0.25) is 0 Å². The fraction of sp³-hybridized carbons (Fsp3) is 0. The van der Waals surface area contributed by atoms with Crippen LogP contribution < -0.4 is 0 Å². The Morgan fingerprint density at radius 1 is 0.486 bits per heavy atom. The van der Waals surface area contributed by atoms with Gasteiger partial charge in [0.25, 0.3) is 0 Å². The Morgan fingerprint density at radius 3 is 1.84 bits per heavy atom. The normalized spacial score (nSPS) is 16.3. The first-order valence-corrected chi connectivity index (χ1v) is 11.7. The van der Waals surface area contributed by atoms with Gasteiger partial charge in [-0.1, -0.05) is 115 Å². The molecule has 0 atom stereocenters. The molecule has 0 saturated heterocycles. The fourth-order valence-electron chi connectivity index (χ4n) is 5.27. The van der Waals surface area contributed by atoms with Crippen LogP contribution >= 0.6 is 0 Å². The predicted molar refractivity (Wildman–Crippen MR) is 157 cm³/mol. The average Bonchev–Trinajstić information content (AvgIpc) is 3.51. The van der Waals surface area contributed by atoms with Crippen molar-refractivity contribution in [2.24, 2.45) is 0 Å². The van der Waals surface area contributed by atoms with Gasteiger partial charge in [0.05, 0.1) is 16.4 Å². The van der Waals surface area contributed by atoms with E-state index >= 15 is 0 Å². The lowest BCUT2D eigenvalue weighted by molar-refractivity contribution is 0.669. The van der Waals surface area contributed by atoms with Crippen LogP contribution in [0.1, 0.15) is 16.4 Å². The third-order valence-electron chi connectivity index (χ3n) is 6.82. The minimum Gasteiger partial charge on any atom is -0.456 e. The zero-order valence-electron chi connectivity index (χ0n) is 31.2. The first kappa shape index (κ1) is 11.9. The molecule has 7 aromatic carbocycles. The third kappa shape index (κ3) is 2.98. The van der Waals surface area contributed by atoms with Gasteiger partial charge in [0.1, 0.15) is 11.2 Å². The Labute approximate surface area is 231 Å². The second-order valence-electron chi connectivity index (χ2n) is 8.80. The summed E-state index contributed by atoms with van der Waals surface area (Å²) in [6, 6.07) is 12.2. The van der Waals surface area contributed by atoms with E-state index in [0.717, 1.165) is 10.8 Å². The molecule has 8 aromatic rings. The number of hydrogen-bond donors (Lipinski definition) is 0. The van der Waals surface area contributed by atoms with Crippen LogP contribution in [0.5, 0.6) is 0 Å². The topological polar surface area (TPSA) is 13.1 Å². The van der Waals surface area contributed by atoms with E-state index in [0.29, 0.717) is 5.56 Å². The molecule has 0 aliphatic carbocycles. The van der Waals surface area contributed by atoms with E-state index in [9.17, 15) is 5.48 Å². The molecule has 172 valence electrons. The SMILES string of the molecule is [2H]c1c([2H])c([2H])c2c(oc3cccc(-c4c5c([2H])c([2H])c([2H])c([2H])c5c(-c5ccc6ccccc6c5)c5c([2H])c([2H])c([2H])c([2H])c45)c32)c1[2H]. The lowest BCUT2D eigenvalue weighted by Crippen LogP contribution is -1.91. The van der Waals surface area contributed by atoms with E-state index in [2.05, 4.69) is 0 Å². The Bertz CT molecular complexity index is 2720. The maximum atomic E-state index is 9.25. The molecule has 0 bridgehead atoms. The molecule has 0 fully saturated rings. The molecule has 0 N–H and O–H groups in total. The van der Waals surface area contributed by atoms with Gasteiger partial charge in [0, 0.05) is 10.8 Å². The van der Waals surface area contributed by atoms with Crippen molar-refractivity contribution in [1.29, 1.82) is 0 Å². The van der Waals surface area contributed by atoms with E-state index in [1.807, 2.05) is 36.4 Å². The van der Waals surface area contributed by atoms with Gasteiger partial charge in [-0.05, 0) is 72.7 Å². The highest BCUT2D eigenvalue weighted by Gasteiger charge is 2.20. The van der Waals surface area contributed by atoms with Crippen LogP contribution in [0.25, 0.3) is 76.5 Å². The highest BCUT2D eigenvalue weighted by atomic mass is 16.3. The third-order valence-corrected chi connectivity index (χ3v) is 6.82. The smallest absolute Gasteiger partial charge is 0.136 e. The summed E-state index contributed by atoms with van der Waals surface area (Å²) < 4.78 is 112. The summed E-state index contributed by atoms with van der Waals surface area (Å²) >= 11 is 0. The van der Waals surface area contributed by atoms with E-state index in [-0.39, 0.29) is 66.2 Å². The van der Waals surface area contributed by atoms with Gasteiger partial charge >= 0.3 is 0 Å². The summed E-state index contributed by atoms with van der Waals surface area (Å²) in [4.78, 5) is 0. The molecule has 0 unspecified atom stereocenters. The molecule has 0 aliphatic rings. The van der Waals surface area contributed by atoms with E-state index in [4.69, 9.17) is 15.4 Å². The number of fused-ring (bicyclic) bond motifs is 6. The van der Waals surface area contributed by atoms with Crippen molar-refractivity contribution in [3.8, 4) is 22.3 Å². The summed E-state index contributed by atoms with van der Waals surface area (Å²) in [5.41, 5.74) is 1.03. The minimum atomic E-state index is -0.547. The van der Waals surface area contributed by atoms with Gasteiger partial charge in [0.15, 0.2) is 0 Å². The van der Waals surface area contributed by atoms with Crippen molar-refractivity contribution in [3.63, 3.8) is 0 Å². The molecular formula is C36H22O. The largest absolute Gasteiger partial charge is 0.456 e. The maximum Gasteiger partial charge on any atom is 0.136 e. The van der Waals surface area contributed by atoms with Crippen LogP contribution in [-0.4, -0.2) is 0 Å². The summed E-state index contributed by atoms with van der Waals surface area (Å²) in [6.45, 7) is 0. The van der Waals surface area contributed by atoms with Crippen molar-refractivity contribution < 1.29 is 20.9 Å². The van der Waals surface area contributed by atoms with Crippen molar-refractivity contribution in [2.75, 3.05) is 0 Å². The lowest BCUT2D eigenvalue weighted by atomic mass is 9.84. The van der Waals surface area contributed by atoms with Gasteiger partial charge in [-0.3, -0.25) is 0 Å². The molecule has 1 heterocycles. The molecule has 1 heteroatoms. The zero-order valence-corrected chi connectivity index (χ0v) is 19.2. The molecule has 0 spiro atoms. The first-order valence-electron chi connectivity index (χ1n) is 17.7. The summed E-state index contributed by atoms with van der Waals surface area (Å²) in [6.07, 6.45) is 0. The number of furan rings is 1. The first-order chi connectivity index (χ1) is 23.3. The van der Waals surface area contributed by atoms with Crippen molar-refractivity contribution in [1.82, 2.24) is 0 Å². The summed E-state index contributed by atoms with van der Waals surface area (Å²) in [7, 11) is 0. The molecule has 8 rings (SSSR count). The van der Waals surface area contributed by atoms with Crippen LogP contribution in [0.4, 0.5) is 0 Å². The number of rotatable bonds is 2. The van der Waals surface area contributed by atoms with Gasteiger partial charge < -0.3 is 4.42 Å². The van der Waals surface area contributed by atoms with E-state index in [1.54, 1.807) is 24.3 Å². The lowest BCUT2D eigenvalue weighted by Gasteiger charge is -2.18. The van der Waals surface area contributed by atoms with E-state index in [1.165, 1.54) is 0 Å². The molecule has 37 heavy (non-hydrogen) atoms. The quantitative estimate of drug-likeness (QED) is 0.223. The monoisotopic (exact) mass is 482 g/mol. The molecule has 1 nitrogen and oxygen atoms in total. The molecule has 0 aliphatic heterocycles. The van der Waals surface area contributed by atoms with Gasteiger partial charge in [-0.2, -0.15) is 0 Å². The van der Waals surface area contributed by atoms with Gasteiger partial charge in [0.2, 0.25) is 0 Å².